The SMILES string of the molecule is CCCCCOC1CCC(NC(=O)c2cnc3c(C)cc(Cl)nn23)CC1. The van der Waals surface area contributed by atoms with E-state index in [1.807, 2.05) is 6.92 Å². The predicted octanol–water partition coefficient (Wildman–Crippen LogP) is 3.94. The fourth-order valence-corrected chi connectivity index (χ4v) is 3.71. The molecular formula is C19H27ClN4O2. The minimum Gasteiger partial charge on any atom is -0.378 e. The van der Waals surface area contributed by atoms with E-state index < -0.39 is 0 Å². The maximum Gasteiger partial charge on any atom is 0.271 e. The number of unbranched alkanes of at least 4 members (excludes halogenated alkanes) is 2. The zero-order valence-corrected chi connectivity index (χ0v) is 16.3. The number of aryl methyl sites for hydroxylation is 1. The number of amides is 1. The molecule has 1 fully saturated rings. The number of carbonyl (C=O) groups excluding carboxylic acids is 1. The van der Waals surface area contributed by atoms with Gasteiger partial charge in [0.25, 0.3) is 5.91 Å². The third-order valence-electron chi connectivity index (χ3n) is 4.97. The van der Waals surface area contributed by atoms with Crippen LogP contribution in [0, 0.1) is 6.92 Å². The number of carbonyl (C=O) groups is 1. The second-order valence-corrected chi connectivity index (χ2v) is 7.44. The van der Waals surface area contributed by atoms with Gasteiger partial charge >= 0.3 is 0 Å². The minimum absolute atomic E-state index is 0.154. The first-order valence-electron chi connectivity index (χ1n) is 9.51. The third-order valence-corrected chi connectivity index (χ3v) is 5.15. The maximum atomic E-state index is 12.6. The van der Waals surface area contributed by atoms with Gasteiger partial charge in [0.1, 0.15) is 5.15 Å². The summed E-state index contributed by atoms with van der Waals surface area (Å²) in [5.74, 6) is -0.154. The molecule has 142 valence electrons. The van der Waals surface area contributed by atoms with Crippen molar-refractivity contribution in [2.75, 3.05) is 6.61 Å². The highest BCUT2D eigenvalue weighted by atomic mass is 35.5. The smallest absolute Gasteiger partial charge is 0.271 e. The lowest BCUT2D eigenvalue weighted by atomic mass is 9.93. The molecule has 7 heteroatoms. The summed E-state index contributed by atoms with van der Waals surface area (Å²) in [5, 5.41) is 7.67. The van der Waals surface area contributed by atoms with Crippen molar-refractivity contribution < 1.29 is 9.53 Å². The summed E-state index contributed by atoms with van der Waals surface area (Å²) < 4.78 is 7.47. The number of halogens is 1. The standard InChI is InChI=1S/C19H27ClN4O2/c1-3-4-5-10-26-15-8-6-14(7-9-15)22-19(25)16-12-21-18-13(2)11-17(20)23-24(16)18/h11-12,14-15H,3-10H2,1-2H3,(H,22,25). The van der Waals surface area contributed by atoms with Crippen LogP contribution < -0.4 is 5.32 Å². The van der Waals surface area contributed by atoms with Crippen LogP contribution in [0.25, 0.3) is 5.65 Å². The Kier molecular flexibility index (Phi) is 6.48. The van der Waals surface area contributed by atoms with Gasteiger partial charge in [-0.15, -0.1) is 0 Å². The zero-order chi connectivity index (χ0) is 18.5. The van der Waals surface area contributed by atoms with Crippen LogP contribution in [0.3, 0.4) is 0 Å². The number of imidazole rings is 1. The van der Waals surface area contributed by atoms with Crippen molar-refractivity contribution in [1.29, 1.82) is 0 Å². The highest BCUT2D eigenvalue weighted by Crippen LogP contribution is 2.22. The van der Waals surface area contributed by atoms with Crippen LogP contribution in [0.15, 0.2) is 12.3 Å². The molecule has 0 bridgehead atoms. The van der Waals surface area contributed by atoms with Crippen LogP contribution in [-0.2, 0) is 4.74 Å². The Morgan fingerprint density at radius 1 is 1.35 bits per heavy atom. The zero-order valence-electron chi connectivity index (χ0n) is 15.5. The van der Waals surface area contributed by atoms with Crippen molar-refractivity contribution in [2.45, 2.75) is 70.9 Å². The molecule has 2 aromatic rings. The number of hydrogen-bond acceptors (Lipinski definition) is 4. The Labute approximate surface area is 159 Å². The molecule has 2 aromatic heterocycles. The number of rotatable bonds is 7. The molecule has 1 N–H and O–H groups in total. The maximum absolute atomic E-state index is 12.6. The second kappa shape index (κ2) is 8.82. The summed E-state index contributed by atoms with van der Waals surface area (Å²) >= 11 is 6.02. The van der Waals surface area contributed by atoms with E-state index >= 15 is 0 Å². The van der Waals surface area contributed by atoms with Gasteiger partial charge in [-0.2, -0.15) is 5.10 Å². The van der Waals surface area contributed by atoms with Crippen molar-refractivity contribution in [3.05, 3.63) is 28.7 Å². The topological polar surface area (TPSA) is 68.5 Å². The molecule has 0 saturated heterocycles. The summed E-state index contributed by atoms with van der Waals surface area (Å²) in [6.45, 7) is 4.95. The van der Waals surface area contributed by atoms with Gasteiger partial charge in [-0.05, 0) is 50.7 Å². The van der Waals surface area contributed by atoms with Crippen LogP contribution in [0.4, 0.5) is 0 Å². The average molecular weight is 379 g/mol. The number of aromatic nitrogens is 3. The van der Waals surface area contributed by atoms with Gasteiger partial charge in [0.15, 0.2) is 11.3 Å². The highest BCUT2D eigenvalue weighted by Gasteiger charge is 2.24. The lowest BCUT2D eigenvalue weighted by Crippen LogP contribution is -2.39. The van der Waals surface area contributed by atoms with Gasteiger partial charge in [0.05, 0.1) is 12.3 Å². The molecule has 1 aliphatic rings. The fourth-order valence-electron chi connectivity index (χ4n) is 3.47. The van der Waals surface area contributed by atoms with Crippen molar-refractivity contribution in [3.8, 4) is 0 Å². The van der Waals surface area contributed by atoms with E-state index in [0.717, 1.165) is 44.3 Å². The Morgan fingerprint density at radius 2 is 2.12 bits per heavy atom. The lowest BCUT2D eigenvalue weighted by molar-refractivity contribution is 0.0204. The van der Waals surface area contributed by atoms with E-state index in [-0.39, 0.29) is 11.9 Å². The molecule has 0 radical (unpaired) electrons. The molecule has 0 aromatic carbocycles. The molecule has 2 heterocycles. The molecule has 0 aliphatic heterocycles. The summed E-state index contributed by atoms with van der Waals surface area (Å²) in [4.78, 5) is 16.9. The Balaban J connectivity index is 1.53. The van der Waals surface area contributed by atoms with Gasteiger partial charge < -0.3 is 10.1 Å². The molecule has 1 saturated carbocycles. The second-order valence-electron chi connectivity index (χ2n) is 7.05. The van der Waals surface area contributed by atoms with Crippen LogP contribution >= 0.6 is 11.6 Å². The van der Waals surface area contributed by atoms with Crippen LogP contribution in [0.5, 0.6) is 0 Å². The molecular weight excluding hydrogens is 352 g/mol. The largest absolute Gasteiger partial charge is 0.378 e. The Hall–Kier alpha value is -1.66. The first-order chi connectivity index (χ1) is 12.6. The molecule has 26 heavy (non-hydrogen) atoms. The normalized spacial score (nSPS) is 20.4. The Bertz CT molecular complexity index is 753. The number of nitrogens with zero attached hydrogens (tertiary/aromatic N) is 3. The van der Waals surface area contributed by atoms with E-state index in [0.29, 0.717) is 22.6 Å². The van der Waals surface area contributed by atoms with Gasteiger partial charge in [-0.3, -0.25) is 4.79 Å². The monoisotopic (exact) mass is 378 g/mol. The molecule has 6 nitrogen and oxygen atoms in total. The average Bonchev–Trinajstić information content (AvgIpc) is 3.04. The molecule has 1 aliphatic carbocycles. The van der Waals surface area contributed by atoms with Crippen LogP contribution in [-0.4, -0.2) is 39.3 Å². The number of fused-ring (bicyclic) bond motifs is 1. The molecule has 3 rings (SSSR count). The number of nitrogens with one attached hydrogen (secondary N) is 1. The van der Waals surface area contributed by atoms with Gasteiger partial charge in [0.2, 0.25) is 0 Å². The van der Waals surface area contributed by atoms with Crippen molar-refractivity contribution in [3.63, 3.8) is 0 Å². The number of hydrogen-bond donors (Lipinski definition) is 1. The molecule has 1 amide bonds. The van der Waals surface area contributed by atoms with Crippen LogP contribution in [0.1, 0.15) is 67.9 Å². The Morgan fingerprint density at radius 3 is 2.85 bits per heavy atom. The van der Waals surface area contributed by atoms with Crippen molar-refractivity contribution >= 4 is 23.2 Å². The number of ether oxygens (including phenoxy) is 1. The van der Waals surface area contributed by atoms with Gasteiger partial charge in [0, 0.05) is 12.6 Å². The summed E-state index contributed by atoms with van der Waals surface area (Å²) in [5.41, 5.74) is 1.97. The van der Waals surface area contributed by atoms with Crippen LogP contribution in [0.2, 0.25) is 5.15 Å². The quantitative estimate of drug-likeness (QED) is 0.741. The minimum atomic E-state index is -0.154. The fraction of sp³-hybridized carbons (Fsp3) is 0.632. The molecule has 0 spiro atoms. The molecule has 0 unspecified atom stereocenters. The first kappa shape index (κ1) is 19.1. The van der Waals surface area contributed by atoms with E-state index in [2.05, 4.69) is 22.3 Å². The first-order valence-corrected chi connectivity index (χ1v) is 9.89. The van der Waals surface area contributed by atoms with Crippen molar-refractivity contribution in [2.24, 2.45) is 0 Å². The lowest BCUT2D eigenvalue weighted by Gasteiger charge is -2.29. The van der Waals surface area contributed by atoms with E-state index in [1.165, 1.54) is 17.4 Å². The van der Waals surface area contributed by atoms with E-state index in [1.54, 1.807) is 12.3 Å². The van der Waals surface area contributed by atoms with E-state index in [9.17, 15) is 4.79 Å². The summed E-state index contributed by atoms with van der Waals surface area (Å²) in [6, 6.07) is 1.91. The summed E-state index contributed by atoms with van der Waals surface area (Å²) in [6.07, 6.45) is 9.33. The van der Waals surface area contributed by atoms with E-state index in [4.69, 9.17) is 16.3 Å². The van der Waals surface area contributed by atoms with Gasteiger partial charge in [-0.1, -0.05) is 31.4 Å². The summed E-state index contributed by atoms with van der Waals surface area (Å²) in [7, 11) is 0. The highest BCUT2D eigenvalue weighted by molar-refractivity contribution is 6.29. The molecule has 0 atom stereocenters. The predicted molar refractivity (Wildman–Crippen MR) is 102 cm³/mol. The van der Waals surface area contributed by atoms with Gasteiger partial charge in [-0.25, -0.2) is 9.50 Å². The van der Waals surface area contributed by atoms with Crippen molar-refractivity contribution in [1.82, 2.24) is 19.9 Å². The third kappa shape index (κ3) is 4.54.